The van der Waals surface area contributed by atoms with Gasteiger partial charge in [-0.15, -0.1) is 5.73 Å². The predicted octanol–water partition coefficient (Wildman–Crippen LogP) is 2.03. The Morgan fingerprint density at radius 2 is 1.62 bits per heavy atom. The van der Waals surface area contributed by atoms with Crippen molar-refractivity contribution >= 4 is 0 Å². The monoisotopic (exact) mass is 113 g/mol. The fourth-order valence-electron chi connectivity index (χ4n) is 0.715. The van der Waals surface area contributed by atoms with Crippen molar-refractivity contribution in [3.63, 3.8) is 0 Å². The van der Waals surface area contributed by atoms with E-state index in [0.29, 0.717) is 6.54 Å². The van der Waals surface area contributed by atoms with E-state index in [9.17, 15) is 0 Å². The fourth-order valence-corrected chi connectivity index (χ4v) is 0.715. The molecule has 2 radical (unpaired) electrons. The summed E-state index contributed by atoms with van der Waals surface area (Å²) in [6.07, 6.45) is 6.08. The molecule has 0 atom stereocenters. The van der Waals surface area contributed by atoms with Crippen LogP contribution < -0.4 is 5.73 Å². The van der Waals surface area contributed by atoms with Gasteiger partial charge in [-0.3, -0.25) is 0 Å². The average molecular weight is 113 g/mol. The first-order chi connectivity index (χ1) is 3.91. The molecule has 1 nitrogen and oxygen atoms in total. The first-order valence-corrected chi connectivity index (χ1v) is 3.52. The molecule has 0 aliphatic heterocycles. The summed E-state index contributed by atoms with van der Waals surface area (Å²) in [4.78, 5) is 0. The van der Waals surface area contributed by atoms with Gasteiger partial charge in [0.25, 0.3) is 0 Å². The van der Waals surface area contributed by atoms with Crippen LogP contribution in [0.25, 0.3) is 0 Å². The van der Waals surface area contributed by atoms with E-state index in [-0.39, 0.29) is 0 Å². The molecular weight excluding hydrogens is 98.1 g/mol. The van der Waals surface area contributed by atoms with Gasteiger partial charge in [0.15, 0.2) is 0 Å². The van der Waals surface area contributed by atoms with Crippen molar-refractivity contribution in [3.05, 3.63) is 0 Å². The third kappa shape index (κ3) is 5.96. The standard InChI is InChI=1S/C7H15N/c1-2-3-4-5-6-7-8/h2-7H2,1H3. The van der Waals surface area contributed by atoms with Crippen molar-refractivity contribution in [1.82, 2.24) is 5.73 Å². The second-order valence-corrected chi connectivity index (χ2v) is 2.14. The Hall–Kier alpha value is -0.0400. The summed E-state index contributed by atoms with van der Waals surface area (Å²) in [5.41, 5.74) is 8.37. The molecule has 0 heterocycles. The van der Waals surface area contributed by atoms with Gasteiger partial charge in [-0.2, -0.15) is 0 Å². The molecule has 0 aromatic heterocycles. The lowest BCUT2D eigenvalue weighted by molar-refractivity contribution is 0.634. The minimum atomic E-state index is 0.365. The zero-order chi connectivity index (χ0) is 6.24. The lowest BCUT2D eigenvalue weighted by Gasteiger charge is -1.92. The van der Waals surface area contributed by atoms with Crippen LogP contribution in [-0.2, 0) is 0 Å². The van der Waals surface area contributed by atoms with E-state index in [1.807, 2.05) is 0 Å². The van der Waals surface area contributed by atoms with Crippen molar-refractivity contribution in [2.45, 2.75) is 39.0 Å². The summed E-state index contributed by atoms with van der Waals surface area (Å²) < 4.78 is 0. The zero-order valence-corrected chi connectivity index (χ0v) is 5.69. The predicted molar refractivity (Wildman–Crippen MR) is 35.8 cm³/mol. The summed E-state index contributed by atoms with van der Waals surface area (Å²) in [5, 5.41) is 0. The van der Waals surface area contributed by atoms with E-state index in [2.05, 4.69) is 6.92 Å². The fraction of sp³-hybridized carbons (Fsp3) is 1.00. The van der Waals surface area contributed by atoms with Gasteiger partial charge in [-0.05, 0) is 6.42 Å². The Bertz CT molecular complexity index is 29.4. The highest BCUT2D eigenvalue weighted by Gasteiger charge is 1.84. The number of hydrogen-bond acceptors (Lipinski definition) is 0. The third-order valence-corrected chi connectivity index (χ3v) is 1.26. The lowest BCUT2D eigenvalue weighted by Crippen LogP contribution is -1.84. The highest BCUT2D eigenvalue weighted by Crippen LogP contribution is 2.00. The average Bonchev–Trinajstić information content (AvgIpc) is 1.81. The summed E-state index contributed by atoms with van der Waals surface area (Å²) in [5.74, 6) is 0. The maximum Gasteiger partial charge on any atom is 0.0321 e. The molecular formula is C7H15N. The van der Waals surface area contributed by atoms with Gasteiger partial charge >= 0.3 is 0 Å². The molecule has 0 spiro atoms. The highest BCUT2D eigenvalue weighted by atomic mass is 14.5. The zero-order valence-electron chi connectivity index (χ0n) is 5.69. The third-order valence-electron chi connectivity index (χ3n) is 1.26. The summed E-state index contributed by atoms with van der Waals surface area (Å²) in [6.45, 7) is 2.56. The maximum absolute atomic E-state index is 8.37. The molecule has 8 heavy (non-hydrogen) atoms. The molecule has 0 saturated carbocycles. The molecule has 0 aliphatic rings. The van der Waals surface area contributed by atoms with Crippen molar-refractivity contribution in [2.75, 3.05) is 6.54 Å². The maximum atomic E-state index is 8.37. The van der Waals surface area contributed by atoms with E-state index in [1.165, 1.54) is 25.7 Å². The SMILES string of the molecule is CCCCCCC[N]. The van der Waals surface area contributed by atoms with E-state index in [0.717, 1.165) is 6.42 Å². The van der Waals surface area contributed by atoms with Gasteiger partial charge in [0.05, 0.1) is 0 Å². The molecule has 0 unspecified atom stereocenters. The van der Waals surface area contributed by atoms with E-state index in [4.69, 9.17) is 5.73 Å². The molecule has 0 aromatic rings. The van der Waals surface area contributed by atoms with Crippen LogP contribution in [0.15, 0.2) is 0 Å². The van der Waals surface area contributed by atoms with Gasteiger partial charge in [-0.1, -0.05) is 32.6 Å². The van der Waals surface area contributed by atoms with Gasteiger partial charge in [0.1, 0.15) is 0 Å². The van der Waals surface area contributed by atoms with Crippen LogP contribution in [0.5, 0.6) is 0 Å². The molecule has 0 saturated heterocycles. The van der Waals surface area contributed by atoms with E-state index in [1.54, 1.807) is 0 Å². The molecule has 0 fully saturated rings. The first kappa shape index (κ1) is 7.96. The Kier molecular flexibility index (Phi) is 6.93. The smallest absolute Gasteiger partial charge is 0.0321 e. The molecule has 0 N–H and O–H groups in total. The van der Waals surface area contributed by atoms with Crippen molar-refractivity contribution in [3.8, 4) is 0 Å². The molecule has 0 bridgehead atoms. The molecule has 0 aliphatic carbocycles. The molecule has 0 amide bonds. The number of rotatable bonds is 5. The molecule has 0 rings (SSSR count). The van der Waals surface area contributed by atoms with E-state index >= 15 is 0 Å². The Labute approximate surface area is 52.3 Å². The van der Waals surface area contributed by atoms with E-state index < -0.39 is 0 Å². The minimum Gasteiger partial charge on any atom is -0.145 e. The Balaban J connectivity index is 2.53. The van der Waals surface area contributed by atoms with Gasteiger partial charge in [0.2, 0.25) is 0 Å². The first-order valence-electron chi connectivity index (χ1n) is 3.52. The molecule has 1 heteroatoms. The molecule has 0 aromatic carbocycles. The van der Waals surface area contributed by atoms with Crippen LogP contribution in [0.1, 0.15) is 39.0 Å². The van der Waals surface area contributed by atoms with Crippen LogP contribution in [0.3, 0.4) is 0 Å². The van der Waals surface area contributed by atoms with Gasteiger partial charge < -0.3 is 0 Å². The minimum absolute atomic E-state index is 0.365. The number of nitrogens with zero attached hydrogens (tertiary/aromatic N) is 1. The normalized spacial score (nSPS) is 9.75. The van der Waals surface area contributed by atoms with Crippen LogP contribution >= 0.6 is 0 Å². The van der Waals surface area contributed by atoms with Gasteiger partial charge in [-0.25, -0.2) is 0 Å². The highest BCUT2D eigenvalue weighted by molar-refractivity contribution is 4.40. The van der Waals surface area contributed by atoms with Gasteiger partial charge in [0, 0.05) is 6.54 Å². The molecule has 48 valence electrons. The summed E-state index contributed by atoms with van der Waals surface area (Å²) >= 11 is 0. The second kappa shape index (κ2) is 6.96. The van der Waals surface area contributed by atoms with Crippen LogP contribution in [0.2, 0.25) is 0 Å². The Morgan fingerprint density at radius 1 is 1.00 bits per heavy atom. The van der Waals surface area contributed by atoms with Crippen molar-refractivity contribution in [2.24, 2.45) is 0 Å². The Morgan fingerprint density at radius 3 is 2.12 bits per heavy atom. The number of hydrogen-bond donors (Lipinski definition) is 0. The topological polar surface area (TPSA) is 22.3 Å². The number of unbranched alkanes of at least 4 members (excludes halogenated alkanes) is 4. The summed E-state index contributed by atoms with van der Waals surface area (Å²) in [6, 6.07) is 0. The lowest BCUT2D eigenvalue weighted by atomic mass is 10.2. The summed E-state index contributed by atoms with van der Waals surface area (Å²) in [7, 11) is 0. The van der Waals surface area contributed by atoms with Crippen LogP contribution in [-0.4, -0.2) is 6.54 Å². The van der Waals surface area contributed by atoms with Crippen LogP contribution in [0.4, 0.5) is 0 Å². The van der Waals surface area contributed by atoms with Crippen LogP contribution in [0, 0.1) is 0 Å². The second-order valence-electron chi connectivity index (χ2n) is 2.14. The quantitative estimate of drug-likeness (QED) is 0.487. The largest absolute Gasteiger partial charge is 0.145 e. The van der Waals surface area contributed by atoms with Crippen molar-refractivity contribution < 1.29 is 0 Å². The van der Waals surface area contributed by atoms with Crippen molar-refractivity contribution in [1.29, 1.82) is 0 Å².